The lowest BCUT2D eigenvalue weighted by Gasteiger charge is -2.43. The fourth-order valence-electron chi connectivity index (χ4n) is 3.77. The standard InChI is InChI=1S/C19H26O2/c1-13-6-5-9-18(3)10-8-15-16(21-18)12-14(2)19(4,11-7-13)17(15)20/h6,8,10,14H,5,7,9,11-12H2,1-4H3/b13-6-/t14-,18+,19+/m1/s1. The molecule has 0 amide bonds. The number of hydrogen-bond donors (Lipinski definition) is 0. The van der Waals surface area contributed by atoms with Gasteiger partial charge in [-0.15, -0.1) is 0 Å². The van der Waals surface area contributed by atoms with Gasteiger partial charge in [-0.3, -0.25) is 4.79 Å². The highest BCUT2D eigenvalue weighted by atomic mass is 16.5. The lowest BCUT2D eigenvalue weighted by Crippen LogP contribution is -2.43. The molecule has 0 aromatic heterocycles. The van der Waals surface area contributed by atoms with E-state index in [0.717, 1.165) is 43.4 Å². The van der Waals surface area contributed by atoms with E-state index in [-0.39, 0.29) is 16.8 Å². The fraction of sp³-hybridized carbons (Fsp3) is 0.632. The second kappa shape index (κ2) is 4.86. The van der Waals surface area contributed by atoms with Crippen molar-refractivity contribution in [2.45, 2.75) is 65.4 Å². The molecule has 0 N–H and O–H groups in total. The van der Waals surface area contributed by atoms with Crippen LogP contribution >= 0.6 is 0 Å². The first-order chi connectivity index (χ1) is 9.84. The number of allylic oxidation sites excluding steroid dienone is 5. The minimum absolute atomic E-state index is 0.255. The summed E-state index contributed by atoms with van der Waals surface area (Å²) >= 11 is 0. The van der Waals surface area contributed by atoms with Crippen LogP contribution in [0.3, 0.4) is 0 Å². The summed E-state index contributed by atoms with van der Waals surface area (Å²) in [6, 6.07) is 0. The number of rotatable bonds is 0. The van der Waals surface area contributed by atoms with E-state index in [1.165, 1.54) is 5.57 Å². The molecule has 0 saturated carbocycles. The van der Waals surface area contributed by atoms with Crippen LogP contribution in [0.5, 0.6) is 0 Å². The maximum atomic E-state index is 13.0. The number of fused-ring (bicyclic) bond motifs is 1. The molecule has 4 bridgehead atoms. The maximum absolute atomic E-state index is 13.0. The van der Waals surface area contributed by atoms with Gasteiger partial charge in [0.25, 0.3) is 0 Å². The smallest absolute Gasteiger partial charge is 0.172 e. The Bertz CT molecular complexity index is 566. The Kier molecular flexibility index (Phi) is 3.38. The number of carbonyl (C=O) groups is 1. The van der Waals surface area contributed by atoms with Crippen molar-refractivity contribution in [1.29, 1.82) is 0 Å². The molecule has 2 heteroatoms. The summed E-state index contributed by atoms with van der Waals surface area (Å²) in [5, 5.41) is 0. The maximum Gasteiger partial charge on any atom is 0.172 e. The molecule has 21 heavy (non-hydrogen) atoms. The second-order valence-corrected chi connectivity index (χ2v) is 7.53. The van der Waals surface area contributed by atoms with Crippen LogP contribution in [-0.2, 0) is 9.53 Å². The third-order valence-electron chi connectivity index (χ3n) is 5.77. The van der Waals surface area contributed by atoms with E-state index in [1.807, 2.05) is 6.08 Å². The van der Waals surface area contributed by atoms with Gasteiger partial charge in [-0.25, -0.2) is 0 Å². The predicted octanol–water partition coefficient (Wildman–Crippen LogP) is 4.72. The van der Waals surface area contributed by atoms with Crippen molar-refractivity contribution < 1.29 is 9.53 Å². The summed E-state index contributed by atoms with van der Waals surface area (Å²) in [7, 11) is 0. The summed E-state index contributed by atoms with van der Waals surface area (Å²) < 4.78 is 6.26. The number of ketones is 1. The average Bonchev–Trinajstić information content (AvgIpc) is 2.42. The summed E-state index contributed by atoms with van der Waals surface area (Å²) in [6.07, 6.45) is 11.3. The first kappa shape index (κ1) is 14.6. The van der Waals surface area contributed by atoms with Gasteiger partial charge in [0.1, 0.15) is 11.4 Å². The largest absolute Gasteiger partial charge is 0.487 e. The Morgan fingerprint density at radius 2 is 2.05 bits per heavy atom. The minimum atomic E-state index is -0.261. The zero-order chi connectivity index (χ0) is 15.3. The molecule has 114 valence electrons. The zero-order valence-electron chi connectivity index (χ0n) is 13.7. The van der Waals surface area contributed by atoms with E-state index in [1.54, 1.807) is 0 Å². The Morgan fingerprint density at radius 1 is 1.29 bits per heavy atom. The molecule has 0 radical (unpaired) electrons. The highest BCUT2D eigenvalue weighted by Crippen LogP contribution is 2.48. The van der Waals surface area contributed by atoms with Gasteiger partial charge < -0.3 is 4.74 Å². The van der Waals surface area contributed by atoms with E-state index >= 15 is 0 Å². The number of ether oxygens (including phenoxy) is 1. The Hall–Kier alpha value is -1.31. The second-order valence-electron chi connectivity index (χ2n) is 7.53. The van der Waals surface area contributed by atoms with Gasteiger partial charge in [-0.05, 0) is 57.6 Å². The van der Waals surface area contributed by atoms with Gasteiger partial charge in [-0.1, -0.05) is 25.5 Å². The average molecular weight is 286 g/mol. The molecule has 3 atom stereocenters. The quantitative estimate of drug-likeness (QED) is 0.602. The molecule has 0 aromatic rings. The Balaban J connectivity index is 2.06. The lowest BCUT2D eigenvalue weighted by molar-refractivity contribution is -0.129. The van der Waals surface area contributed by atoms with Gasteiger partial charge in [-0.2, -0.15) is 0 Å². The van der Waals surface area contributed by atoms with E-state index < -0.39 is 0 Å². The molecule has 5 rings (SSSR count). The van der Waals surface area contributed by atoms with E-state index in [2.05, 4.69) is 39.8 Å². The van der Waals surface area contributed by atoms with Gasteiger partial charge in [0.15, 0.2) is 5.78 Å². The molecule has 0 aromatic carbocycles. The fourth-order valence-corrected chi connectivity index (χ4v) is 3.77. The summed E-state index contributed by atoms with van der Waals surface area (Å²) in [5.41, 5.74) is 1.72. The number of carbonyl (C=O) groups excluding carboxylic acids is 1. The predicted molar refractivity (Wildman–Crippen MR) is 84.8 cm³/mol. The van der Waals surface area contributed by atoms with Gasteiger partial charge >= 0.3 is 0 Å². The van der Waals surface area contributed by atoms with Crippen molar-refractivity contribution in [2.24, 2.45) is 11.3 Å². The Labute approximate surface area is 127 Å². The minimum Gasteiger partial charge on any atom is -0.487 e. The van der Waals surface area contributed by atoms with Crippen LogP contribution in [-0.4, -0.2) is 11.4 Å². The van der Waals surface area contributed by atoms with Crippen LogP contribution < -0.4 is 0 Å². The molecule has 0 fully saturated rings. The van der Waals surface area contributed by atoms with Gasteiger partial charge in [0, 0.05) is 11.8 Å². The van der Waals surface area contributed by atoms with E-state index in [9.17, 15) is 4.79 Å². The highest BCUT2D eigenvalue weighted by Gasteiger charge is 2.46. The van der Waals surface area contributed by atoms with Crippen LogP contribution in [0.1, 0.15) is 59.8 Å². The van der Waals surface area contributed by atoms with Crippen molar-refractivity contribution in [2.75, 3.05) is 0 Å². The highest BCUT2D eigenvalue weighted by molar-refractivity contribution is 6.03. The summed E-state index contributed by atoms with van der Waals surface area (Å²) in [4.78, 5) is 13.0. The third kappa shape index (κ3) is 2.39. The first-order valence-corrected chi connectivity index (χ1v) is 8.16. The molecular formula is C19H26O2. The molecule has 3 heterocycles. The number of hydrogen-bond acceptors (Lipinski definition) is 2. The summed E-state index contributed by atoms with van der Waals surface area (Å²) in [6.45, 7) is 8.66. The van der Waals surface area contributed by atoms with Crippen molar-refractivity contribution in [1.82, 2.24) is 0 Å². The van der Waals surface area contributed by atoms with Crippen molar-refractivity contribution in [3.63, 3.8) is 0 Å². The normalized spacial score (nSPS) is 42.2. The van der Waals surface area contributed by atoms with Crippen molar-refractivity contribution in [3.8, 4) is 0 Å². The molecule has 5 aliphatic rings. The monoisotopic (exact) mass is 286 g/mol. The molecule has 3 aliphatic heterocycles. The summed E-state index contributed by atoms with van der Waals surface area (Å²) in [5.74, 6) is 1.55. The van der Waals surface area contributed by atoms with Gasteiger partial charge in [0.2, 0.25) is 0 Å². The lowest BCUT2D eigenvalue weighted by atomic mass is 9.63. The molecule has 0 saturated heterocycles. The van der Waals surface area contributed by atoms with Crippen molar-refractivity contribution in [3.05, 3.63) is 35.1 Å². The molecule has 0 spiro atoms. The molecule has 0 unspecified atom stereocenters. The topological polar surface area (TPSA) is 26.3 Å². The van der Waals surface area contributed by atoms with Crippen LogP contribution in [0.25, 0.3) is 0 Å². The SMILES string of the molecule is C/C1=C/CC[C@@]2(C)C=CC3=C(C[C@@H](C)[C@](C)(CC1)C3=O)O2. The molecule has 2 nitrogen and oxygen atoms in total. The van der Waals surface area contributed by atoms with Crippen LogP contribution in [0.2, 0.25) is 0 Å². The van der Waals surface area contributed by atoms with Crippen LogP contribution in [0.15, 0.2) is 35.1 Å². The Morgan fingerprint density at radius 3 is 2.81 bits per heavy atom. The van der Waals surface area contributed by atoms with Crippen molar-refractivity contribution >= 4 is 5.78 Å². The first-order valence-electron chi connectivity index (χ1n) is 8.16. The van der Waals surface area contributed by atoms with E-state index in [0.29, 0.717) is 5.92 Å². The van der Waals surface area contributed by atoms with E-state index in [4.69, 9.17) is 4.74 Å². The van der Waals surface area contributed by atoms with Crippen LogP contribution in [0.4, 0.5) is 0 Å². The third-order valence-corrected chi connectivity index (χ3v) is 5.77. The zero-order valence-corrected chi connectivity index (χ0v) is 13.7. The van der Waals surface area contributed by atoms with Crippen LogP contribution in [0, 0.1) is 11.3 Å². The number of Topliss-reactive ketones (excluding diaryl/α,β-unsaturated/α-hetero) is 1. The molecular weight excluding hydrogens is 260 g/mol. The molecule has 2 aliphatic carbocycles. The van der Waals surface area contributed by atoms with Gasteiger partial charge in [0.05, 0.1) is 5.57 Å².